The van der Waals surface area contributed by atoms with E-state index in [1.165, 1.54) is 0 Å². The Morgan fingerprint density at radius 2 is 2.10 bits per heavy atom. The van der Waals surface area contributed by atoms with E-state index in [0.717, 1.165) is 5.69 Å². The lowest BCUT2D eigenvalue weighted by Gasteiger charge is -2.17. The zero-order chi connectivity index (χ0) is 14.5. The summed E-state index contributed by atoms with van der Waals surface area (Å²) < 4.78 is 0. The molecular formula is C14H15Cl2N3O. The predicted octanol–water partition coefficient (Wildman–Crippen LogP) is 3.17. The number of halogens is 2. The number of aliphatic hydroxyl groups is 1. The van der Waals surface area contributed by atoms with Gasteiger partial charge in [-0.1, -0.05) is 29.3 Å². The Morgan fingerprint density at radius 3 is 2.75 bits per heavy atom. The molecule has 4 nitrogen and oxygen atoms in total. The van der Waals surface area contributed by atoms with Gasteiger partial charge in [0.25, 0.3) is 0 Å². The summed E-state index contributed by atoms with van der Waals surface area (Å²) in [5.41, 5.74) is 1.47. The van der Waals surface area contributed by atoms with E-state index in [4.69, 9.17) is 23.2 Å². The van der Waals surface area contributed by atoms with Crippen molar-refractivity contribution < 1.29 is 5.11 Å². The van der Waals surface area contributed by atoms with Crippen LogP contribution in [0.3, 0.4) is 0 Å². The molecule has 106 valence electrons. The lowest BCUT2D eigenvalue weighted by atomic mass is 10.1. The molecule has 20 heavy (non-hydrogen) atoms. The molecule has 0 saturated heterocycles. The lowest BCUT2D eigenvalue weighted by Crippen LogP contribution is -2.25. The molecule has 0 spiro atoms. The average Bonchev–Trinajstić information content (AvgIpc) is 2.45. The molecule has 0 amide bonds. The summed E-state index contributed by atoms with van der Waals surface area (Å²) in [5, 5.41) is 14.4. The summed E-state index contributed by atoms with van der Waals surface area (Å²) >= 11 is 11.9. The van der Waals surface area contributed by atoms with Crippen LogP contribution < -0.4 is 5.32 Å². The van der Waals surface area contributed by atoms with Gasteiger partial charge in [-0.2, -0.15) is 0 Å². The van der Waals surface area contributed by atoms with Crippen molar-refractivity contribution in [2.75, 3.05) is 6.54 Å². The van der Waals surface area contributed by atoms with Crippen molar-refractivity contribution in [3.8, 4) is 0 Å². The average molecular weight is 312 g/mol. The normalized spacial score (nSPS) is 14.0. The molecule has 6 heteroatoms. The van der Waals surface area contributed by atoms with Crippen LogP contribution in [0.5, 0.6) is 0 Å². The summed E-state index contributed by atoms with van der Waals surface area (Å²) in [6.45, 7) is 2.32. The minimum Gasteiger partial charge on any atom is -0.387 e. The first kappa shape index (κ1) is 15.2. The molecule has 1 aromatic carbocycles. The maximum atomic E-state index is 10.2. The Morgan fingerprint density at radius 1 is 1.30 bits per heavy atom. The fourth-order valence-corrected chi connectivity index (χ4v) is 2.34. The van der Waals surface area contributed by atoms with Gasteiger partial charge in [-0.05, 0) is 19.1 Å². The smallest absolute Gasteiger partial charge is 0.0928 e. The van der Waals surface area contributed by atoms with Crippen molar-refractivity contribution in [2.45, 2.75) is 19.1 Å². The van der Waals surface area contributed by atoms with Gasteiger partial charge >= 0.3 is 0 Å². The third-order valence-electron chi connectivity index (χ3n) is 2.97. The highest BCUT2D eigenvalue weighted by Crippen LogP contribution is 2.26. The van der Waals surface area contributed by atoms with Gasteiger partial charge in [-0.25, -0.2) is 0 Å². The molecule has 2 unspecified atom stereocenters. The third-order valence-corrected chi connectivity index (χ3v) is 3.53. The maximum absolute atomic E-state index is 10.2. The van der Waals surface area contributed by atoms with E-state index in [9.17, 15) is 5.11 Å². The Bertz CT molecular complexity index is 566. The Hall–Kier alpha value is -1.20. The molecule has 1 aromatic heterocycles. The Balaban J connectivity index is 1.96. The van der Waals surface area contributed by atoms with Crippen molar-refractivity contribution in [1.29, 1.82) is 0 Å². The van der Waals surface area contributed by atoms with Crippen LogP contribution in [0.1, 0.15) is 30.3 Å². The monoisotopic (exact) mass is 311 g/mol. The van der Waals surface area contributed by atoms with Crippen LogP contribution in [-0.4, -0.2) is 21.6 Å². The number of rotatable bonds is 5. The minimum absolute atomic E-state index is 0.00979. The van der Waals surface area contributed by atoms with Gasteiger partial charge in [-0.3, -0.25) is 9.97 Å². The first-order valence-electron chi connectivity index (χ1n) is 6.20. The predicted molar refractivity (Wildman–Crippen MR) is 79.9 cm³/mol. The molecule has 2 atom stereocenters. The SMILES string of the molecule is CC(NCC(O)c1ccc(Cl)cc1Cl)c1cnccn1. The summed E-state index contributed by atoms with van der Waals surface area (Å²) in [6.07, 6.45) is 4.25. The molecule has 0 bridgehead atoms. The van der Waals surface area contributed by atoms with Crippen LogP contribution in [0.2, 0.25) is 10.0 Å². The van der Waals surface area contributed by atoms with Gasteiger partial charge < -0.3 is 10.4 Å². The van der Waals surface area contributed by atoms with Crippen molar-refractivity contribution in [3.63, 3.8) is 0 Å². The van der Waals surface area contributed by atoms with E-state index in [2.05, 4.69) is 15.3 Å². The number of aliphatic hydroxyl groups excluding tert-OH is 1. The van der Waals surface area contributed by atoms with Crippen LogP contribution in [0.15, 0.2) is 36.8 Å². The Labute approximate surface area is 127 Å². The van der Waals surface area contributed by atoms with Crippen molar-refractivity contribution >= 4 is 23.2 Å². The number of benzene rings is 1. The van der Waals surface area contributed by atoms with Crippen LogP contribution >= 0.6 is 23.2 Å². The summed E-state index contributed by atoms with van der Waals surface area (Å²) in [7, 11) is 0. The van der Waals surface area contributed by atoms with Crippen LogP contribution in [0, 0.1) is 0 Å². The number of aromatic nitrogens is 2. The van der Waals surface area contributed by atoms with E-state index in [1.807, 2.05) is 6.92 Å². The quantitative estimate of drug-likeness (QED) is 0.890. The van der Waals surface area contributed by atoms with Crippen molar-refractivity contribution in [1.82, 2.24) is 15.3 Å². The topological polar surface area (TPSA) is 58.0 Å². The van der Waals surface area contributed by atoms with E-state index in [1.54, 1.807) is 36.8 Å². The number of nitrogens with zero attached hydrogens (tertiary/aromatic N) is 2. The molecule has 1 heterocycles. The second kappa shape index (κ2) is 6.99. The van der Waals surface area contributed by atoms with Crippen LogP contribution in [-0.2, 0) is 0 Å². The van der Waals surface area contributed by atoms with Gasteiger partial charge in [0.15, 0.2) is 0 Å². The molecule has 0 aliphatic heterocycles. The fraction of sp³-hybridized carbons (Fsp3) is 0.286. The van der Waals surface area contributed by atoms with E-state index in [0.29, 0.717) is 22.2 Å². The molecule has 2 aromatic rings. The number of nitrogens with one attached hydrogen (secondary N) is 1. The molecule has 0 aliphatic carbocycles. The first-order chi connectivity index (χ1) is 9.58. The van der Waals surface area contributed by atoms with Gasteiger partial charge in [0.05, 0.1) is 11.8 Å². The standard InChI is InChI=1S/C14H15Cl2N3O/c1-9(13-7-17-4-5-18-13)19-8-14(20)11-3-2-10(15)6-12(11)16/h2-7,9,14,19-20H,8H2,1H3. The number of hydrogen-bond acceptors (Lipinski definition) is 4. The van der Waals surface area contributed by atoms with E-state index in [-0.39, 0.29) is 6.04 Å². The lowest BCUT2D eigenvalue weighted by molar-refractivity contribution is 0.170. The summed E-state index contributed by atoms with van der Waals surface area (Å²) in [6, 6.07) is 5.04. The molecule has 2 N–H and O–H groups in total. The van der Waals surface area contributed by atoms with Crippen LogP contribution in [0.25, 0.3) is 0 Å². The van der Waals surface area contributed by atoms with Gasteiger partial charge in [0.2, 0.25) is 0 Å². The zero-order valence-corrected chi connectivity index (χ0v) is 12.4. The van der Waals surface area contributed by atoms with Gasteiger partial charge in [0, 0.05) is 46.8 Å². The largest absolute Gasteiger partial charge is 0.387 e. The molecule has 2 rings (SSSR count). The van der Waals surface area contributed by atoms with Gasteiger partial charge in [0.1, 0.15) is 0 Å². The highest BCUT2D eigenvalue weighted by molar-refractivity contribution is 6.35. The molecule has 0 fully saturated rings. The number of hydrogen-bond donors (Lipinski definition) is 2. The highest BCUT2D eigenvalue weighted by Gasteiger charge is 2.14. The molecule has 0 radical (unpaired) electrons. The fourth-order valence-electron chi connectivity index (χ4n) is 1.81. The van der Waals surface area contributed by atoms with Crippen LogP contribution in [0.4, 0.5) is 0 Å². The first-order valence-corrected chi connectivity index (χ1v) is 6.96. The van der Waals surface area contributed by atoms with Gasteiger partial charge in [-0.15, -0.1) is 0 Å². The van der Waals surface area contributed by atoms with E-state index >= 15 is 0 Å². The molecule has 0 aliphatic rings. The maximum Gasteiger partial charge on any atom is 0.0928 e. The second-order valence-electron chi connectivity index (χ2n) is 4.44. The summed E-state index contributed by atoms with van der Waals surface area (Å²) in [4.78, 5) is 8.22. The second-order valence-corrected chi connectivity index (χ2v) is 5.29. The van der Waals surface area contributed by atoms with Crippen molar-refractivity contribution in [3.05, 3.63) is 58.1 Å². The molecule has 0 saturated carbocycles. The Kier molecular flexibility index (Phi) is 5.31. The van der Waals surface area contributed by atoms with E-state index < -0.39 is 6.10 Å². The highest BCUT2D eigenvalue weighted by atomic mass is 35.5. The minimum atomic E-state index is -0.709. The third kappa shape index (κ3) is 3.90. The molecular weight excluding hydrogens is 297 g/mol. The zero-order valence-electron chi connectivity index (χ0n) is 10.9. The summed E-state index contributed by atoms with van der Waals surface area (Å²) in [5.74, 6) is 0. The van der Waals surface area contributed by atoms with Crippen molar-refractivity contribution in [2.24, 2.45) is 0 Å².